The Morgan fingerprint density at radius 2 is 1.85 bits per heavy atom. The fraction of sp³-hybridized carbons (Fsp3) is 0. The van der Waals surface area contributed by atoms with Gasteiger partial charge in [-0.15, -0.1) is 0 Å². The number of hydrogen-bond donors (Lipinski definition) is 3. The molecule has 0 bridgehead atoms. The van der Waals surface area contributed by atoms with E-state index in [-0.39, 0.29) is 5.84 Å². The average Bonchev–Trinajstić information content (AvgIpc) is 3.18. The van der Waals surface area contributed by atoms with Crippen LogP contribution in [0.2, 0.25) is 0 Å². The monoisotopic (exact) mass is 346 g/mol. The molecule has 1 aromatic carbocycles. The lowest BCUT2D eigenvalue weighted by Gasteiger charge is -2.04. The molecular formula is C18H14N6O2. The van der Waals surface area contributed by atoms with E-state index >= 15 is 0 Å². The second kappa shape index (κ2) is 6.17. The minimum atomic E-state index is 0.0385. The minimum Gasteiger partial charge on any atom is -0.436 e. The summed E-state index contributed by atoms with van der Waals surface area (Å²) in [5, 5.41) is 12.5. The quantitative estimate of drug-likeness (QED) is 0.224. The van der Waals surface area contributed by atoms with Crippen LogP contribution in [0.15, 0.2) is 64.6 Å². The Kier molecular flexibility index (Phi) is 3.70. The SMILES string of the molecule is N/C(=N\O)c1ccc(-c2ncc(-c3cnc(N)c4ncccc34)o2)cc1. The number of hydrogen-bond acceptors (Lipinski definition) is 7. The number of anilines is 1. The number of oxazole rings is 1. The highest BCUT2D eigenvalue weighted by Crippen LogP contribution is 2.31. The van der Waals surface area contributed by atoms with Gasteiger partial charge in [0.15, 0.2) is 11.6 Å². The van der Waals surface area contributed by atoms with Crippen LogP contribution in [0.25, 0.3) is 33.7 Å². The first-order chi connectivity index (χ1) is 12.7. The van der Waals surface area contributed by atoms with Crippen molar-refractivity contribution in [2.24, 2.45) is 10.9 Å². The van der Waals surface area contributed by atoms with Gasteiger partial charge in [0, 0.05) is 34.5 Å². The standard InChI is InChI=1S/C18H14N6O2/c19-16(24-25)10-3-5-11(6-4-10)18-23-9-14(26-18)13-8-22-17(20)15-12(13)2-1-7-21-15/h1-9,25H,(H2,19,24)(H2,20,22). The van der Waals surface area contributed by atoms with Crippen LogP contribution in [0.3, 0.4) is 0 Å². The molecule has 0 fully saturated rings. The maximum absolute atomic E-state index is 8.72. The third kappa shape index (κ3) is 2.59. The average molecular weight is 346 g/mol. The molecule has 0 aliphatic carbocycles. The molecule has 0 spiro atoms. The number of fused-ring (bicyclic) bond motifs is 1. The first-order valence-corrected chi connectivity index (χ1v) is 7.71. The van der Waals surface area contributed by atoms with Gasteiger partial charge in [0.25, 0.3) is 0 Å². The van der Waals surface area contributed by atoms with Crippen LogP contribution in [0.5, 0.6) is 0 Å². The van der Waals surface area contributed by atoms with E-state index in [2.05, 4.69) is 20.1 Å². The van der Waals surface area contributed by atoms with Gasteiger partial charge >= 0.3 is 0 Å². The van der Waals surface area contributed by atoms with Gasteiger partial charge in [-0.1, -0.05) is 23.4 Å². The molecule has 26 heavy (non-hydrogen) atoms. The minimum absolute atomic E-state index is 0.0385. The molecule has 128 valence electrons. The van der Waals surface area contributed by atoms with E-state index in [4.69, 9.17) is 21.1 Å². The number of pyridine rings is 2. The predicted molar refractivity (Wildman–Crippen MR) is 97.4 cm³/mol. The van der Waals surface area contributed by atoms with Crippen LogP contribution in [0.4, 0.5) is 5.82 Å². The van der Waals surface area contributed by atoms with Crippen molar-refractivity contribution in [2.45, 2.75) is 0 Å². The molecular weight excluding hydrogens is 332 g/mol. The van der Waals surface area contributed by atoms with E-state index in [1.165, 1.54) is 0 Å². The van der Waals surface area contributed by atoms with E-state index < -0.39 is 0 Å². The fourth-order valence-electron chi connectivity index (χ4n) is 2.66. The van der Waals surface area contributed by atoms with Crippen LogP contribution in [-0.4, -0.2) is 26.0 Å². The Morgan fingerprint density at radius 1 is 1.04 bits per heavy atom. The smallest absolute Gasteiger partial charge is 0.226 e. The van der Waals surface area contributed by atoms with E-state index in [1.807, 2.05) is 12.1 Å². The number of rotatable bonds is 3. The molecule has 0 unspecified atom stereocenters. The fourth-order valence-corrected chi connectivity index (χ4v) is 2.66. The predicted octanol–water partition coefficient (Wildman–Crippen LogP) is 2.63. The van der Waals surface area contributed by atoms with Gasteiger partial charge in [0.05, 0.1) is 6.20 Å². The molecule has 8 heteroatoms. The van der Waals surface area contributed by atoms with Crippen molar-refractivity contribution in [3.63, 3.8) is 0 Å². The van der Waals surface area contributed by atoms with Crippen LogP contribution >= 0.6 is 0 Å². The summed E-state index contributed by atoms with van der Waals surface area (Å²) in [5.41, 5.74) is 14.2. The first-order valence-electron chi connectivity index (χ1n) is 7.71. The van der Waals surface area contributed by atoms with Gasteiger partial charge in [-0.05, 0) is 18.2 Å². The maximum Gasteiger partial charge on any atom is 0.226 e. The Bertz CT molecular complexity index is 1120. The van der Waals surface area contributed by atoms with Crippen molar-refractivity contribution in [3.05, 3.63) is 60.6 Å². The summed E-state index contributed by atoms with van der Waals surface area (Å²) in [7, 11) is 0. The normalized spacial score (nSPS) is 11.8. The number of oxime groups is 1. The van der Waals surface area contributed by atoms with Crippen molar-refractivity contribution in [3.8, 4) is 22.8 Å². The molecule has 0 radical (unpaired) electrons. The van der Waals surface area contributed by atoms with E-state index in [0.29, 0.717) is 28.5 Å². The molecule has 5 N–H and O–H groups in total. The molecule has 0 aliphatic rings. The number of aromatic nitrogens is 3. The van der Waals surface area contributed by atoms with Gasteiger partial charge in [0.1, 0.15) is 11.3 Å². The third-order valence-corrected chi connectivity index (χ3v) is 3.98. The number of amidine groups is 1. The molecule has 3 heterocycles. The Hall–Kier alpha value is -3.94. The summed E-state index contributed by atoms with van der Waals surface area (Å²) in [6.45, 7) is 0. The Balaban J connectivity index is 1.74. The highest BCUT2D eigenvalue weighted by molar-refractivity contribution is 5.98. The molecule has 0 aliphatic heterocycles. The van der Waals surface area contributed by atoms with Crippen LogP contribution in [0, 0.1) is 0 Å². The van der Waals surface area contributed by atoms with Crippen molar-refractivity contribution in [1.29, 1.82) is 0 Å². The maximum atomic E-state index is 8.72. The van der Waals surface area contributed by atoms with Gasteiger partial charge in [-0.2, -0.15) is 0 Å². The zero-order valence-corrected chi connectivity index (χ0v) is 13.5. The van der Waals surface area contributed by atoms with Gasteiger partial charge < -0.3 is 21.1 Å². The number of nitrogens with zero attached hydrogens (tertiary/aromatic N) is 4. The number of benzene rings is 1. The second-order valence-corrected chi connectivity index (χ2v) is 5.55. The van der Waals surface area contributed by atoms with Crippen LogP contribution in [-0.2, 0) is 0 Å². The summed E-state index contributed by atoms with van der Waals surface area (Å²) >= 11 is 0. The van der Waals surface area contributed by atoms with Crippen LogP contribution < -0.4 is 11.5 Å². The van der Waals surface area contributed by atoms with Crippen LogP contribution in [0.1, 0.15) is 5.56 Å². The summed E-state index contributed by atoms with van der Waals surface area (Å²) in [6.07, 6.45) is 4.94. The molecule has 0 saturated carbocycles. The highest BCUT2D eigenvalue weighted by Gasteiger charge is 2.14. The lowest BCUT2D eigenvalue weighted by Crippen LogP contribution is -2.12. The van der Waals surface area contributed by atoms with Gasteiger partial charge in [-0.3, -0.25) is 4.98 Å². The zero-order chi connectivity index (χ0) is 18.1. The van der Waals surface area contributed by atoms with Gasteiger partial charge in [0.2, 0.25) is 5.89 Å². The van der Waals surface area contributed by atoms with Crippen molar-refractivity contribution in [1.82, 2.24) is 15.0 Å². The van der Waals surface area contributed by atoms with E-state index in [9.17, 15) is 0 Å². The summed E-state index contributed by atoms with van der Waals surface area (Å²) in [6, 6.07) is 10.7. The molecule has 3 aromatic heterocycles. The first kappa shape index (κ1) is 15.6. The number of nitrogens with two attached hydrogens (primary N) is 2. The molecule has 4 rings (SSSR count). The largest absolute Gasteiger partial charge is 0.436 e. The Labute approximate surface area is 147 Å². The molecule has 0 saturated heterocycles. The summed E-state index contributed by atoms with van der Waals surface area (Å²) in [5.74, 6) is 1.41. The Morgan fingerprint density at radius 3 is 2.62 bits per heavy atom. The van der Waals surface area contributed by atoms with Crippen molar-refractivity contribution in [2.75, 3.05) is 5.73 Å². The zero-order valence-electron chi connectivity index (χ0n) is 13.5. The topological polar surface area (TPSA) is 136 Å². The lowest BCUT2D eigenvalue weighted by atomic mass is 10.1. The van der Waals surface area contributed by atoms with E-state index in [0.717, 1.165) is 16.5 Å². The molecule has 0 atom stereocenters. The second-order valence-electron chi connectivity index (χ2n) is 5.55. The van der Waals surface area contributed by atoms with Crippen molar-refractivity contribution < 1.29 is 9.62 Å². The van der Waals surface area contributed by atoms with Gasteiger partial charge in [-0.25, -0.2) is 9.97 Å². The van der Waals surface area contributed by atoms with Crippen molar-refractivity contribution >= 4 is 22.6 Å². The molecule has 8 nitrogen and oxygen atoms in total. The number of nitrogen functional groups attached to an aromatic ring is 1. The lowest BCUT2D eigenvalue weighted by molar-refractivity contribution is 0.318. The molecule has 0 amide bonds. The molecule has 4 aromatic rings. The van der Waals surface area contributed by atoms with E-state index in [1.54, 1.807) is 42.9 Å². The summed E-state index contributed by atoms with van der Waals surface area (Å²) in [4.78, 5) is 12.8. The summed E-state index contributed by atoms with van der Waals surface area (Å²) < 4.78 is 5.90. The highest BCUT2D eigenvalue weighted by atomic mass is 16.4. The third-order valence-electron chi connectivity index (χ3n) is 3.98.